The number of piperidine rings is 1. The lowest BCUT2D eigenvalue weighted by atomic mass is 9.93. The van der Waals surface area contributed by atoms with Gasteiger partial charge in [-0.1, -0.05) is 0 Å². The first-order valence-electron chi connectivity index (χ1n) is 8.46. The number of nitrogens with zero attached hydrogens (tertiary/aromatic N) is 3. The molecule has 2 atom stereocenters. The van der Waals surface area contributed by atoms with Crippen LogP contribution in [0.25, 0.3) is 11.4 Å². The molecule has 3 N–H and O–H groups in total. The first-order valence-corrected chi connectivity index (χ1v) is 8.46. The van der Waals surface area contributed by atoms with Gasteiger partial charge in [0.1, 0.15) is 11.6 Å². The number of aromatic nitrogens is 3. The Morgan fingerprint density at radius 2 is 2.08 bits per heavy atom. The van der Waals surface area contributed by atoms with Crippen LogP contribution in [0.1, 0.15) is 31.0 Å². The van der Waals surface area contributed by atoms with Gasteiger partial charge in [-0.15, -0.1) is 0 Å². The molecule has 0 radical (unpaired) electrons. The lowest BCUT2D eigenvalue weighted by Crippen LogP contribution is -2.46. The summed E-state index contributed by atoms with van der Waals surface area (Å²) >= 11 is 0. The molecular weight excluding hydrogens is 318 g/mol. The highest BCUT2D eigenvalue weighted by molar-refractivity contribution is 5.77. The summed E-state index contributed by atoms with van der Waals surface area (Å²) in [6.45, 7) is 6.27. The highest BCUT2D eigenvalue weighted by Gasteiger charge is 2.29. The van der Waals surface area contributed by atoms with Gasteiger partial charge in [-0.2, -0.15) is 0 Å². The van der Waals surface area contributed by atoms with E-state index < -0.39 is 0 Å². The Morgan fingerprint density at radius 1 is 1.32 bits per heavy atom. The van der Waals surface area contributed by atoms with E-state index in [1.807, 2.05) is 19.1 Å². The maximum atomic E-state index is 11.9. The summed E-state index contributed by atoms with van der Waals surface area (Å²) < 4.78 is 0. The zero-order chi connectivity index (χ0) is 18.1. The van der Waals surface area contributed by atoms with Gasteiger partial charge >= 0.3 is 0 Å². The van der Waals surface area contributed by atoms with Crippen molar-refractivity contribution in [2.45, 2.75) is 39.7 Å². The van der Waals surface area contributed by atoms with Gasteiger partial charge in [-0.05, 0) is 45.7 Å². The molecule has 1 saturated heterocycles. The molecule has 0 saturated carbocycles. The van der Waals surface area contributed by atoms with E-state index in [-0.39, 0.29) is 17.4 Å². The molecule has 132 valence electrons. The van der Waals surface area contributed by atoms with E-state index in [0.29, 0.717) is 29.7 Å². The van der Waals surface area contributed by atoms with Crippen molar-refractivity contribution in [2.75, 3.05) is 11.4 Å². The van der Waals surface area contributed by atoms with E-state index in [4.69, 9.17) is 5.73 Å². The van der Waals surface area contributed by atoms with Crippen LogP contribution in [0.2, 0.25) is 0 Å². The van der Waals surface area contributed by atoms with E-state index in [2.05, 4.69) is 26.8 Å². The fourth-order valence-corrected chi connectivity index (χ4v) is 3.14. The Bertz CT molecular complexity index is 844. The lowest BCUT2D eigenvalue weighted by Gasteiger charge is -2.37. The Hall–Kier alpha value is -2.70. The summed E-state index contributed by atoms with van der Waals surface area (Å²) in [5.74, 6) is 0.906. The predicted molar refractivity (Wildman–Crippen MR) is 96.3 cm³/mol. The van der Waals surface area contributed by atoms with Crippen molar-refractivity contribution in [3.63, 3.8) is 0 Å². The van der Waals surface area contributed by atoms with Crippen molar-refractivity contribution in [2.24, 2.45) is 11.7 Å². The fraction of sp³-hybridized carbons (Fsp3) is 0.444. The first kappa shape index (κ1) is 17.1. The number of pyridine rings is 1. The average Bonchev–Trinajstić information content (AvgIpc) is 2.59. The minimum Gasteiger partial charge on any atom is -0.369 e. The summed E-state index contributed by atoms with van der Waals surface area (Å²) in [5, 5.41) is 0. The summed E-state index contributed by atoms with van der Waals surface area (Å²) in [6.07, 6.45) is 3.42. The molecule has 2 aromatic heterocycles. The van der Waals surface area contributed by atoms with Gasteiger partial charge in [0.05, 0.1) is 5.92 Å². The van der Waals surface area contributed by atoms with Crippen molar-refractivity contribution < 1.29 is 4.79 Å². The molecule has 0 bridgehead atoms. The number of hydrogen-bond donors (Lipinski definition) is 2. The summed E-state index contributed by atoms with van der Waals surface area (Å²) in [4.78, 5) is 37.3. The van der Waals surface area contributed by atoms with Crippen molar-refractivity contribution in [3.8, 4) is 11.4 Å². The van der Waals surface area contributed by atoms with E-state index >= 15 is 0 Å². The number of rotatable bonds is 3. The van der Waals surface area contributed by atoms with Gasteiger partial charge in [-0.3, -0.25) is 9.59 Å². The van der Waals surface area contributed by atoms with E-state index in [9.17, 15) is 9.59 Å². The number of amides is 1. The normalized spacial score (nSPS) is 20.5. The molecule has 0 aliphatic carbocycles. The number of aryl methyl sites for hydroxylation is 1. The highest BCUT2D eigenvalue weighted by atomic mass is 16.1. The van der Waals surface area contributed by atoms with Gasteiger partial charge in [0.25, 0.3) is 5.56 Å². The topological polar surface area (TPSA) is 105 Å². The van der Waals surface area contributed by atoms with Crippen molar-refractivity contribution in [1.82, 2.24) is 15.0 Å². The zero-order valence-corrected chi connectivity index (χ0v) is 14.7. The van der Waals surface area contributed by atoms with Gasteiger partial charge in [0.2, 0.25) is 5.91 Å². The third-order valence-corrected chi connectivity index (χ3v) is 4.99. The average molecular weight is 341 g/mol. The third-order valence-electron chi connectivity index (χ3n) is 4.99. The van der Waals surface area contributed by atoms with Gasteiger partial charge in [-0.25, -0.2) is 9.97 Å². The van der Waals surface area contributed by atoms with Crippen LogP contribution in [0.5, 0.6) is 0 Å². The molecule has 0 spiro atoms. The number of nitrogens with one attached hydrogen (secondary N) is 1. The van der Waals surface area contributed by atoms with E-state index in [0.717, 1.165) is 24.2 Å². The number of hydrogen-bond acceptors (Lipinski definition) is 5. The number of anilines is 1. The lowest BCUT2D eigenvalue weighted by molar-refractivity contribution is -0.122. The van der Waals surface area contributed by atoms with Crippen LogP contribution in [0.15, 0.2) is 23.1 Å². The Morgan fingerprint density at radius 3 is 2.68 bits per heavy atom. The minimum atomic E-state index is -0.259. The van der Waals surface area contributed by atoms with E-state index in [1.54, 1.807) is 13.1 Å². The maximum absolute atomic E-state index is 11.9. The monoisotopic (exact) mass is 341 g/mol. The molecule has 1 fully saturated rings. The quantitative estimate of drug-likeness (QED) is 0.881. The molecule has 1 aliphatic rings. The Balaban J connectivity index is 1.87. The van der Waals surface area contributed by atoms with Crippen LogP contribution >= 0.6 is 0 Å². The summed E-state index contributed by atoms with van der Waals surface area (Å²) in [6, 6.07) is 4.08. The van der Waals surface area contributed by atoms with Crippen LogP contribution in [-0.2, 0) is 4.79 Å². The second-order valence-corrected chi connectivity index (χ2v) is 6.71. The van der Waals surface area contributed by atoms with Crippen LogP contribution in [-0.4, -0.2) is 33.4 Å². The SMILES string of the molecule is Cc1nc(-c2ccc(N3C[C@@H](C(N)=O)CC[C@@H]3C)nc2)[nH]c(=O)c1C. The highest BCUT2D eigenvalue weighted by Crippen LogP contribution is 2.27. The van der Waals surface area contributed by atoms with Crippen LogP contribution in [0.4, 0.5) is 5.82 Å². The molecule has 7 heteroatoms. The fourth-order valence-electron chi connectivity index (χ4n) is 3.14. The third kappa shape index (κ3) is 3.40. The standard InChI is InChI=1S/C18H23N5O2/c1-10-4-5-14(16(19)24)9-23(10)15-7-6-13(8-20-15)17-21-12(3)11(2)18(25)22-17/h6-8,10,14H,4-5,9H2,1-3H3,(H2,19,24)(H,21,22,25)/t10-,14-/m0/s1. The van der Waals surface area contributed by atoms with E-state index in [1.165, 1.54) is 0 Å². The molecule has 25 heavy (non-hydrogen) atoms. The van der Waals surface area contributed by atoms with Crippen LogP contribution in [0, 0.1) is 19.8 Å². The number of nitrogens with two attached hydrogens (primary N) is 1. The molecule has 3 heterocycles. The molecule has 2 aromatic rings. The molecule has 3 rings (SSSR count). The summed E-state index contributed by atoms with van der Waals surface area (Å²) in [7, 11) is 0. The van der Waals surface area contributed by atoms with Crippen LogP contribution < -0.4 is 16.2 Å². The maximum Gasteiger partial charge on any atom is 0.254 e. The predicted octanol–water partition coefficient (Wildman–Crippen LogP) is 1.54. The largest absolute Gasteiger partial charge is 0.369 e. The molecule has 0 aromatic carbocycles. The minimum absolute atomic E-state index is 0.138. The molecule has 1 amide bonds. The number of aromatic amines is 1. The van der Waals surface area contributed by atoms with Crippen LogP contribution in [0.3, 0.4) is 0 Å². The second-order valence-electron chi connectivity index (χ2n) is 6.71. The molecular formula is C18H23N5O2. The van der Waals surface area contributed by atoms with Gasteiger partial charge < -0.3 is 15.6 Å². The first-order chi connectivity index (χ1) is 11.9. The summed E-state index contributed by atoms with van der Waals surface area (Å²) in [5.41, 5.74) is 7.40. The second kappa shape index (κ2) is 6.66. The number of carbonyl (C=O) groups excluding carboxylic acids is 1. The van der Waals surface area contributed by atoms with Gasteiger partial charge in [0, 0.05) is 35.6 Å². The molecule has 7 nitrogen and oxygen atoms in total. The van der Waals surface area contributed by atoms with Gasteiger partial charge in [0.15, 0.2) is 0 Å². The number of H-pyrrole nitrogens is 1. The Labute approximate surface area is 146 Å². The molecule has 1 aliphatic heterocycles. The zero-order valence-electron chi connectivity index (χ0n) is 14.7. The number of primary amides is 1. The van der Waals surface area contributed by atoms with Crippen molar-refractivity contribution in [3.05, 3.63) is 39.9 Å². The van der Waals surface area contributed by atoms with Crippen molar-refractivity contribution >= 4 is 11.7 Å². The number of carbonyl (C=O) groups is 1. The smallest absolute Gasteiger partial charge is 0.254 e. The van der Waals surface area contributed by atoms with Crippen molar-refractivity contribution in [1.29, 1.82) is 0 Å². The Kier molecular flexibility index (Phi) is 4.57. The molecule has 0 unspecified atom stereocenters.